The predicted octanol–water partition coefficient (Wildman–Crippen LogP) is -1.21. The molecule has 1 unspecified atom stereocenters. The van der Waals surface area contributed by atoms with Gasteiger partial charge in [-0.3, -0.25) is 0 Å². The first kappa shape index (κ1) is 9.27. The minimum atomic E-state index is -2.31. The smallest absolute Gasteiger partial charge is 0.463 e. The fourth-order valence-electron chi connectivity index (χ4n) is 0. The van der Waals surface area contributed by atoms with E-state index >= 15 is 0 Å². The Morgan fingerprint density at radius 1 is 1.80 bits per heavy atom. The molecule has 1 atom stereocenters. The third kappa shape index (κ3) is 55.7. The molecule has 0 aliphatic heterocycles. The van der Waals surface area contributed by atoms with Gasteiger partial charge in [-0.15, -0.1) is 0 Å². The van der Waals surface area contributed by atoms with Crippen molar-refractivity contribution in [2.24, 2.45) is 0 Å². The van der Waals surface area contributed by atoms with Crippen LogP contribution in [0.1, 0.15) is 0 Å². The van der Waals surface area contributed by atoms with Crippen LogP contribution in [-0.4, -0.2) is 27.9 Å². The largest absolute Gasteiger partial charge is 0.610 e. The van der Waals surface area contributed by atoms with Gasteiger partial charge < -0.3 is 4.89 Å². The van der Waals surface area contributed by atoms with Crippen LogP contribution in [0, 0.1) is 0 Å². The molecule has 0 aromatic rings. The summed E-state index contributed by atoms with van der Waals surface area (Å²) in [6, 6.07) is 0. The van der Waals surface area contributed by atoms with E-state index in [9.17, 15) is 0 Å². The molecule has 0 aliphatic carbocycles. The van der Waals surface area contributed by atoms with Crippen molar-refractivity contribution in [2.75, 3.05) is 0 Å². The van der Waals surface area contributed by atoms with Gasteiger partial charge in [0.1, 0.15) is 0 Å². The quantitative estimate of drug-likeness (QED) is 0.334. The van der Waals surface area contributed by atoms with E-state index in [1.54, 1.807) is 0 Å². The Balaban J connectivity index is 0. The molecule has 0 fully saturated rings. The minimum absolute atomic E-state index is 0. The Labute approximate surface area is 45.4 Å². The normalized spacial score (nSPS) is 8.80. The van der Waals surface area contributed by atoms with Crippen LogP contribution >= 0.6 is 7.58 Å². The molecule has 0 heterocycles. The summed E-state index contributed by atoms with van der Waals surface area (Å²) < 4.78 is 8.95. The van der Waals surface area contributed by atoms with Crippen molar-refractivity contribution in [3.05, 3.63) is 0 Å². The molecular weight excluding hydrogens is 166 g/mol. The third-order valence-electron chi connectivity index (χ3n) is 0. The molecule has 26 valence electrons. The van der Waals surface area contributed by atoms with E-state index in [-0.39, 0.29) is 18.0 Å². The van der Waals surface area contributed by atoms with Crippen molar-refractivity contribution in [2.45, 2.75) is 0 Å². The fraction of sp³-hybridized carbons (Fsp3) is 0. The topological polar surface area (TPSA) is 40.1 Å². The maximum Gasteiger partial charge on any atom is 0.463 e. The van der Waals surface area contributed by atoms with Crippen LogP contribution < -0.4 is 4.89 Å². The van der Waals surface area contributed by atoms with Crippen molar-refractivity contribution in [3.8, 4) is 0 Å². The van der Waals surface area contributed by atoms with Crippen LogP contribution in [0.25, 0.3) is 0 Å². The zero-order valence-corrected chi connectivity index (χ0v) is 5.98. The van der Waals surface area contributed by atoms with E-state index in [2.05, 4.69) is 9.91 Å². The minimum Gasteiger partial charge on any atom is -0.610 e. The van der Waals surface area contributed by atoms with Gasteiger partial charge in [0.05, 0.1) is 0 Å². The van der Waals surface area contributed by atoms with Crippen LogP contribution in [-0.2, 0) is 4.57 Å². The van der Waals surface area contributed by atoms with E-state index in [4.69, 9.17) is 9.46 Å². The van der Waals surface area contributed by atoms with E-state index in [0.29, 0.717) is 0 Å². The monoisotopic (exact) mass is 166 g/mol. The van der Waals surface area contributed by atoms with Gasteiger partial charge >= 0.3 is 9.91 Å². The van der Waals surface area contributed by atoms with Crippen LogP contribution in [0.5, 0.6) is 0 Å². The van der Waals surface area contributed by atoms with Gasteiger partial charge in [-0.1, -0.05) is 4.57 Å². The summed E-state index contributed by atoms with van der Waals surface area (Å²) in [6.07, 6.45) is 0. The summed E-state index contributed by atoms with van der Waals surface area (Å²) in [4.78, 5) is 8.95. The van der Waals surface area contributed by atoms with Crippen LogP contribution in [0.4, 0.5) is 0 Å². The molecule has 0 saturated heterocycles. The summed E-state index contributed by atoms with van der Waals surface area (Å²) in [7, 11) is -0.0494. The van der Waals surface area contributed by atoms with Gasteiger partial charge in [0, 0.05) is 18.0 Å². The van der Waals surface area contributed by atoms with Gasteiger partial charge in [0.25, 0.3) is 0 Å². The molecule has 0 aliphatic rings. The summed E-state index contributed by atoms with van der Waals surface area (Å²) in [5, 5.41) is 0. The average molecular weight is 166 g/mol. The molecule has 0 aromatic heterocycles. The zero-order chi connectivity index (χ0) is 3.58. The second-order valence-corrected chi connectivity index (χ2v) is 1.87. The van der Waals surface area contributed by atoms with Gasteiger partial charge in [0.15, 0.2) is 0 Å². The molecule has 2 nitrogen and oxygen atoms in total. The number of rotatable bonds is 0. The van der Waals surface area contributed by atoms with E-state index in [1.165, 1.54) is 0 Å². The maximum absolute atomic E-state index is 8.95. The van der Waals surface area contributed by atoms with E-state index < -0.39 is 7.58 Å². The average Bonchev–Trinajstić information content (AvgIpc) is 0.811. The number of hydrogen-bond acceptors (Lipinski definition) is 2. The first-order chi connectivity index (χ1) is 1.73. The molecule has 0 bridgehead atoms. The van der Waals surface area contributed by atoms with Crippen molar-refractivity contribution >= 4 is 35.4 Å². The third-order valence-corrected chi connectivity index (χ3v) is 0. The Kier molecular flexibility index (Phi) is 8.97. The molecule has 0 aromatic carbocycles. The van der Waals surface area contributed by atoms with Crippen molar-refractivity contribution in [1.29, 1.82) is 0 Å². The van der Waals surface area contributed by atoms with Crippen LogP contribution in [0.2, 0.25) is 0 Å². The number of hydrogen-bond donors (Lipinski definition) is 0. The van der Waals surface area contributed by atoms with Crippen molar-refractivity contribution in [3.63, 3.8) is 0 Å². The molecule has 0 N–H and O–H groups in total. The van der Waals surface area contributed by atoms with Gasteiger partial charge in [-0.05, 0) is 0 Å². The molecule has 6 radical (unpaired) electrons. The predicted molar refractivity (Wildman–Crippen MR) is 19.1 cm³/mol. The Morgan fingerprint density at radius 3 is 1.80 bits per heavy atom. The second-order valence-electron chi connectivity index (χ2n) is 0.257. The van der Waals surface area contributed by atoms with Crippen molar-refractivity contribution in [1.82, 2.24) is 0 Å². The SMILES string of the molecule is O=[P+]([O-])[Si].[As]. The molecule has 0 amide bonds. The molecule has 5 heavy (non-hydrogen) atoms. The second kappa shape index (κ2) is 4.84. The van der Waals surface area contributed by atoms with Crippen LogP contribution in [0.15, 0.2) is 0 Å². The van der Waals surface area contributed by atoms with Gasteiger partial charge in [-0.25, -0.2) is 0 Å². The Morgan fingerprint density at radius 2 is 1.80 bits per heavy atom. The van der Waals surface area contributed by atoms with Gasteiger partial charge in [0.2, 0.25) is 7.58 Å². The van der Waals surface area contributed by atoms with E-state index in [0.717, 1.165) is 0 Å². The first-order valence-electron chi connectivity index (χ1n) is 0.589. The zero-order valence-electron chi connectivity index (χ0n) is 2.21. The van der Waals surface area contributed by atoms with Crippen LogP contribution in [0.3, 0.4) is 0 Å². The molecule has 0 spiro atoms. The molecule has 0 saturated carbocycles. The Bertz CT molecular complexity index is 32.6. The van der Waals surface area contributed by atoms with Crippen molar-refractivity contribution < 1.29 is 9.46 Å². The first-order valence-corrected chi connectivity index (χ1v) is 3.11. The Hall–Kier alpha value is 0.835. The fourth-order valence-corrected chi connectivity index (χ4v) is 0. The summed E-state index contributed by atoms with van der Waals surface area (Å²) in [5.41, 5.74) is 0. The van der Waals surface area contributed by atoms with Gasteiger partial charge in [-0.2, -0.15) is 0 Å². The summed E-state index contributed by atoms with van der Waals surface area (Å²) in [5.74, 6) is 0. The molecular formula is AsO2PSi. The van der Waals surface area contributed by atoms with E-state index in [1.807, 2.05) is 0 Å². The molecule has 0 rings (SSSR count). The maximum atomic E-state index is 8.95. The molecule has 5 heteroatoms. The summed E-state index contributed by atoms with van der Waals surface area (Å²) in [6.45, 7) is 0. The summed E-state index contributed by atoms with van der Waals surface area (Å²) >= 11 is 0. The standard InChI is InChI=1S/As.O2PSi/c;1-3(2)4.